The highest BCUT2D eigenvalue weighted by molar-refractivity contribution is 8.13. The fourth-order valence-corrected chi connectivity index (χ4v) is 3.80. The Morgan fingerprint density at radius 1 is 1.12 bits per heavy atom. The number of rotatable bonds is 2. The van der Waals surface area contributed by atoms with Gasteiger partial charge < -0.3 is 5.11 Å². The summed E-state index contributed by atoms with van der Waals surface area (Å²) in [7, 11) is 0. The van der Waals surface area contributed by atoms with Crippen LogP contribution in [0, 0.1) is 11.6 Å². The second kappa shape index (κ2) is 6.48. The number of benzene rings is 2. The second-order valence-electron chi connectivity index (χ2n) is 5.86. The third-order valence-electron chi connectivity index (χ3n) is 4.33. The molecule has 1 aliphatic heterocycles. The minimum atomic E-state index is -1.15. The lowest BCUT2D eigenvalue weighted by Crippen LogP contribution is -2.39. The Bertz CT molecular complexity index is 824. The van der Waals surface area contributed by atoms with Crippen molar-refractivity contribution < 1.29 is 18.7 Å². The minimum Gasteiger partial charge on any atom is -0.465 e. The molecule has 0 aliphatic carbocycles. The number of hydrogen-bond donors (Lipinski definition) is 1. The predicted octanol–water partition coefficient (Wildman–Crippen LogP) is 4.63. The van der Waals surface area contributed by atoms with Crippen molar-refractivity contribution in [3.63, 3.8) is 0 Å². The van der Waals surface area contributed by atoms with Gasteiger partial charge in [0.25, 0.3) is 0 Å². The summed E-state index contributed by atoms with van der Waals surface area (Å²) in [5.41, 5.74) is 0.337. The van der Waals surface area contributed by atoms with Gasteiger partial charge in [-0.2, -0.15) is 0 Å². The summed E-state index contributed by atoms with van der Waals surface area (Å²) in [4.78, 5) is 17.7. The van der Waals surface area contributed by atoms with E-state index in [2.05, 4.69) is 4.99 Å². The molecule has 1 N–H and O–H groups in total. The quantitative estimate of drug-likeness (QED) is 0.847. The first-order chi connectivity index (χ1) is 11.9. The van der Waals surface area contributed by atoms with Gasteiger partial charge in [-0.1, -0.05) is 36.0 Å². The van der Waals surface area contributed by atoms with Crippen LogP contribution in [0.3, 0.4) is 0 Å². The number of aliphatic imine (C=N–C) groups is 1. The summed E-state index contributed by atoms with van der Waals surface area (Å²) < 4.78 is 26.7. The average Bonchev–Trinajstić information content (AvgIpc) is 2.90. The molecular weight excluding hydrogens is 346 g/mol. The molecule has 2 atom stereocenters. The zero-order valence-electron chi connectivity index (χ0n) is 13.6. The molecule has 0 spiro atoms. The van der Waals surface area contributed by atoms with Gasteiger partial charge in [0.2, 0.25) is 0 Å². The Morgan fingerprint density at radius 2 is 1.64 bits per heavy atom. The van der Waals surface area contributed by atoms with Crippen LogP contribution in [0.1, 0.15) is 24.1 Å². The standard InChI is InChI=1S/C18H16F2N2O2S/c1-18(12-5-9-14(20)10-6-12)15(11-3-7-13(19)8-4-11)22(17(23)24)16(21-18)25-2/h3-10,15H,1-2H3,(H,23,24). The Kier molecular flexibility index (Phi) is 4.51. The molecule has 0 radical (unpaired) electrons. The van der Waals surface area contributed by atoms with Gasteiger partial charge in [0.15, 0.2) is 5.17 Å². The zero-order valence-corrected chi connectivity index (χ0v) is 14.4. The number of carbonyl (C=O) groups is 1. The van der Waals surface area contributed by atoms with Crippen LogP contribution >= 0.6 is 11.8 Å². The van der Waals surface area contributed by atoms with Crippen LogP contribution in [0.4, 0.5) is 13.6 Å². The maximum absolute atomic E-state index is 13.3. The summed E-state index contributed by atoms with van der Waals surface area (Å²) in [5, 5.41) is 10.1. The third-order valence-corrected chi connectivity index (χ3v) is 4.98. The molecule has 3 rings (SSSR count). The van der Waals surface area contributed by atoms with E-state index in [1.54, 1.807) is 37.4 Å². The monoisotopic (exact) mass is 362 g/mol. The van der Waals surface area contributed by atoms with E-state index in [-0.39, 0.29) is 5.82 Å². The Hall–Kier alpha value is -2.41. The topological polar surface area (TPSA) is 52.9 Å². The number of amidine groups is 1. The van der Waals surface area contributed by atoms with Crippen LogP contribution in [-0.2, 0) is 5.54 Å². The first-order valence-electron chi connectivity index (χ1n) is 7.54. The summed E-state index contributed by atoms with van der Waals surface area (Å²) >= 11 is 1.22. The van der Waals surface area contributed by atoms with Crippen LogP contribution in [-0.4, -0.2) is 27.5 Å². The number of amides is 1. The SMILES string of the molecule is CSC1=NC(C)(c2ccc(F)cc2)C(c2ccc(F)cc2)N1C(=O)O. The lowest BCUT2D eigenvalue weighted by Gasteiger charge is -2.33. The van der Waals surface area contributed by atoms with E-state index >= 15 is 0 Å². The Labute approximate surface area is 148 Å². The summed E-state index contributed by atoms with van der Waals surface area (Å²) in [5.74, 6) is -0.786. The molecule has 0 saturated heterocycles. The highest BCUT2D eigenvalue weighted by atomic mass is 32.2. The van der Waals surface area contributed by atoms with Gasteiger partial charge >= 0.3 is 6.09 Å². The van der Waals surface area contributed by atoms with E-state index in [1.807, 2.05) is 0 Å². The van der Waals surface area contributed by atoms with Gasteiger partial charge in [0.1, 0.15) is 17.2 Å². The summed E-state index contributed by atoms with van der Waals surface area (Å²) in [6, 6.07) is 10.8. The van der Waals surface area contributed by atoms with E-state index in [9.17, 15) is 18.7 Å². The second-order valence-corrected chi connectivity index (χ2v) is 6.63. The van der Waals surface area contributed by atoms with Crippen molar-refractivity contribution in [2.75, 3.05) is 6.26 Å². The molecule has 1 heterocycles. The lowest BCUT2D eigenvalue weighted by atomic mass is 9.81. The number of hydrogen-bond acceptors (Lipinski definition) is 3. The molecule has 1 aliphatic rings. The third kappa shape index (κ3) is 3.00. The molecule has 0 fully saturated rings. The van der Waals surface area contributed by atoms with Crippen molar-refractivity contribution in [2.24, 2.45) is 4.99 Å². The van der Waals surface area contributed by atoms with Gasteiger partial charge in [-0.25, -0.2) is 23.5 Å². The van der Waals surface area contributed by atoms with Crippen LogP contribution in [0.25, 0.3) is 0 Å². The largest absolute Gasteiger partial charge is 0.465 e. The Balaban J connectivity index is 2.18. The fourth-order valence-electron chi connectivity index (χ4n) is 3.14. The van der Waals surface area contributed by atoms with Crippen LogP contribution < -0.4 is 0 Å². The smallest absolute Gasteiger partial charge is 0.414 e. The molecular formula is C18H16F2N2O2S. The molecule has 2 unspecified atom stereocenters. The van der Waals surface area contributed by atoms with Crippen molar-refractivity contribution in [1.82, 2.24) is 4.90 Å². The highest BCUT2D eigenvalue weighted by Gasteiger charge is 2.50. The summed E-state index contributed by atoms with van der Waals surface area (Å²) in [6.45, 7) is 1.80. The van der Waals surface area contributed by atoms with Gasteiger partial charge in [-0.15, -0.1) is 0 Å². The molecule has 2 aromatic carbocycles. The number of thioether (sulfide) groups is 1. The molecule has 130 valence electrons. The van der Waals surface area contributed by atoms with Gasteiger partial charge in [0, 0.05) is 0 Å². The first kappa shape index (κ1) is 17.4. The van der Waals surface area contributed by atoms with E-state index in [4.69, 9.17) is 0 Å². The van der Waals surface area contributed by atoms with Crippen LogP contribution in [0.15, 0.2) is 53.5 Å². The summed E-state index contributed by atoms with van der Waals surface area (Å²) in [6.07, 6.45) is 0.598. The normalized spacial score (nSPS) is 22.8. The van der Waals surface area contributed by atoms with E-state index in [1.165, 1.54) is 40.9 Å². The minimum absolute atomic E-state index is 0.341. The zero-order chi connectivity index (χ0) is 18.2. The van der Waals surface area contributed by atoms with Gasteiger partial charge in [-0.3, -0.25) is 0 Å². The number of halogens is 2. The van der Waals surface area contributed by atoms with Crippen molar-refractivity contribution in [1.29, 1.82) is 0 Å². The number of nitrogens with zero attached hydrogens (tertiary/aromatic N) is 2. The molecule has 25 heavy (non-hydrogen) atoms. The van der Waals surface area contributed by atoms with Crippen molar-refractivity contribution in [3.8, 4) is 0 Å². The molecule has 0 bridgehead atoms. The van der Waals surface area contributed by atoms with Gasteiger partial charge in [0.05, 0.1) is 6.04 Å². The number of carboxylic acid groups (broad SMARTS) is 1. The van der Waals surface area contributed by atoms with E-state index in [0.29, 0.717) is 16.3 Å². The fraction of sp³-hybridized carbons (Fsp3) is 0.222. The van der Waals surface area contributed by atoms with Crippen molar-refractivity contribution >= 4 is 23.0 Å². The maximum atomic E-state index is 13.3. The van der Waals surface area contributed by atoms with Crippen molar-refractivity contribution in [3.05, 3.63) is 71.3 Å². The van der Waals surface area contributed by atoms with Crippen LogP contribution in [0.5, 0.6) is 0 Å². The molecule has 0 saturated carbocycles. The predicted molar refractivity (Wildman–Crippen MR) is 93.7 cm³/mol. The average molecular weight is 362 g/mol. The molecule has 0 aromatic heterocycles. The van der Waals surface area contributed by atoms with Gasteiger partial charge in [-0.05, 0) is 48.6 Å². The van der Waals surface area contributed by atoms with Crippen LogP contribution in [0.2, 0.25) is 0 Å². The maximum Gasteiger partial charge on any atom is 0.414 e. The Morgan fingerprint density at radius 3 is 2.12 bits per heavy atom. The molecule has 4 nitrogen and oxygen atoms in total. The molecule has 2 aromatic rings. The highest BCUT2D eigenvalue weighted by Crippen LogP contribution is 2.48. The van der Waals surface area contributed by atoms with E-state index in [0.717, 1.165) is 0 Å². The van der Waals surface area contributed by atoms with E-state index < -0.39 is 23.5 Å². The molecule has 1 amide bonds. The van der Waals surface area contributed by atoms with Crippen molar-refractivity contribution in [2.45, 2.75) is 18.5 Å². The lowest BCUT2D eigenvalue weighted by molar-refractivity contribution is 0.148. The molecule has 7 heteroatoms. The first-order valence-corrected chi connectivity index (χ1v) is 8.77.